The third-order valence-corrected chi connectivity index (χ3v) is 6.64. The zero-order valence-corrected chi connectivity index (χ0v) is 18.1. The molecule has 0 bridgehead atoms. The van der Waals surface area contributed by atoms with Gasteiger partial charge in [0.2, 0.25) is 5.95 Å². The lowest BCUT2D eigenvalue weighted by Crippen LogP contribution is -2.46. The second-order valence-electron chi connectivity index (χ2n) is 8.23. The van der Waals surface area contributed by atoms with E-state index in [1.165, 1.54) is 22.1 Å². The lowest BCUT2D eigenvalue weighted by molar-refractivity contribution is 0.373. The number of nitrogens with one attached hydrogen (secondary N) is 1. The summed E-state index contributed by atoms with van der Waals surface area (Å²) >= 11 is 1.78. The number of benzene rings is 1. The van der Waals surface area contributed by atoms with E-state index in [1.54, 1.807) is 11.3 Å². The molecule has 1 saturated heterocycles. The molecule has 1 aliphatic heterocycles. The van der Waals surface area contributed by atoms with Crippen LogP contribution in [0.15, 0.2) is 29.0 Å². The minimum absolute atomic E-state index is 0.511. The highest BCUT2D eigenvalue weighted by Gasteiger charge is 2.23. The number of aromatic nitrogens is 2. The minimum atomic E-state index is 0.511. The molecule has 28 heavy (non-hydrogen) atoms. The summed E-state index contributed by atoms with van der Waals surface area (Å²) in [6.45, 7) is 10.7. The molecular weight excluding hydrogens is 364 g/mol. The summed E-state index contributed by atoms with van der Waals surface area (Å²) in [5, 5.41) is 9.41. The van der Waals surface area contributed by atoms with Crippen LogP contribution in [0.5, 0.6) is 0 Å². The van der Waals surface area contributed by atoms with Crippen molar-refractivity contribution in [1.82, 2.24) is 15.3 Å². The Morgan fingerprint density at radius 1 is 1.14 bits per heavy atom. The SMILES string of the molecule is Cc1cc2nc(N3CCC(NC(C)Cc4ccsc4)CC3)nc(C)c2cc1C. The van der Waals surface area contributed by atoms with Crippen LogP contribution in [0, 0.1) is 20.8 Å². The van der Waals surface area contributed by atoms with Crippen LogP contribution in [0.3, 0.4) is 0 Å². The highest BCUT2D eigenvalue weighted by Crippen LogP contribution is 2.24. The van der Waals surface area contributed by atoms with E-state index in [2.05, 4.69) is 66.9 Å². The molecule has 0 aliphatic carbocycles. The van der Waals surface area contributed by atoms with Crippen LogP contribution >= 0.6 is 11.3 Å². The maximum absolute atomic E-state index is 4.89. The van der Waals surface area contributed by atoms with E-state index in [0.717, 1.165) is 49.5 Å². The van der Waals surface area contributed by atoms with E-state index in [4.69, 9.17) is 9.97 Å². The molecule has 3 aromatic rings. The lowest BCUT2D eigenvalue weighted by atomic mass is 10.0. The van der Waals surface area contributed by atoms with Crippen LogP contribution in [-0.2, 0) is 6.42 Å². The Kier molecular flexibility index (Phi) is 5.65. The van der Waals surface area contributed by atoms with E-state index in [9.17, 15) is 0 Å². The van der Waals surface area contributed by atoms with Crippen molar-refractivity contribution < 1.29 is 0 Å². The van der Waals surface area contributed by atoms with Crippen LogP contribution in [-0.4, -0.2) is 35.1 Å². The molecule has 4 rings (SSSR count). The number of hydrogen-bond donors (Lipinski definition) is 1. The molecule has 1 atom stereocenters. The van der Waals surface area contributed by atoms with E-state index in [0.29, 0.717) is 12.1 Å². The van der Waals surface area contributed by atoms with Crippen LogP contribution < -0.4 is 10.2 Å². The van der Waals surface area contributed by atoms with Gasteiger partial charge in [-0.15, -0.1) is 0 Å². The van der Waals surface area contributed by atoms with Gasteiger partial charge in [0.05, 0.1) is 11.2 Å². The minimum Gasteiger partial charge on any atom is -0.341 e. The fourth-order valence-corrected chi connectivity index (χ4v) is 4.82. The molecule has 148 valence electrons. The molecule has 2 aromatic heterocycles. The number of aryl methyl sites for hydroxylation is 3. The second-order valence-corrected chi connectivity index (χ2v) is 9.01. The van der Waals surface area contributed by atoms with Gasteiger partial charge in [0, 0.05) is 30.6 Å². The molecule has 1 unspecified atom stereocenters. The smallest absolute Gasteiger partial charge is 0.226 e. The molecule has 1 fully saturated rings. The first-order valence-corrected chi connectivity index (χ1v) is 11.2. The Morgan fingerprint density at radius 3 is 2.61 bits per heavy atom. The van der Waals surface area contributed by atoms with Crippen LogP contribution in [0.2, 0.25) is 0 Å². The van der Waals surface area contributed by atoms with Crippen molar-refractivity contribution in [3.05, 3.63) is 51.3 Å². The maximum Gasteiger partial charge on any atom is 0.226 e. The molecular formula is C23H30N4S. The summed E-state index contributed by atoms with van der Waals surface area (Å²) in [6.07, 6.45) is 3.39. The van der Waals surface area contributed by atoms with Crippen LogP contribution in [0.25, 0.3) is 10.9 Å². The normalized spacial score (nSPS) is 16.6. The maximum atomic E-state index is 4.89. The van der Waals surface area contributed by atoms with Gasteiger partial charge < -0.3 is 10.2 Å². The Labute approximate surface area is 172 Å². The fraction of sp³-hybridized carbons (Fsp3) is 0.478. The van der Waals surface area contributed by atoms with Crippen LogP contribution in [0.1, 0.15) is 42.1 Å². The number of hydrogen-bond acceptors (Lipinski definition) is 5. The van der Waals surface area contributed by atoms with Crippen molar-refractivity contribution in [1.29, 1.82) is 0 Å². The topological polar surface area (TPSA) is 41.1 Å². The molecule has 5 heteroatoms. The zero-order chi connectivity index (χ0) is 19.7. The van der Waals surface area contributed by atoms with Crippen LogP contribution in [0.4, 0.5) is 5.95 Å². The van der Waals surface area contributed by atoms with Gasteiger partial charge in [-0.3, -0.25) is 0 Å². The molecule has 0 radical (unpaired) electrons. The van der Waals surface area contributed by atoms with Gasteiger partial charge in [0.25, 0.3) is 0 Å². The Morgan fingerprint density at radius 2 is 1.89 bits per heavy atom. The van der Waals surface area contributed by atoms with Crippen molar-refractivity contribution in [3.8, 4) is 0 Å². The summed E-state index contributed by atoms with van der Waals surface area (Å²) in [5.74, 6) is 0.887. The standard InChI is InChI=1S/C23H30N4S/c1-15-11-21-18(4)25-23(26-22(21)12-16(15)2)27-8-5-20(6-9-27)24-17(3)13-19-7-10-28-14-19/h7,10-12,14,17,20,24H,5-6,8-9,13H2,1-4H3. The summed E-state index contributed by atoms with van der Waals surface area (Å²) in [7, 11) is 0. The molecule has 1 aliphatic rings. The first-order chi connectivity index (χ1) is 13.5. The molecule has 0 saturated carbocycles. The quantitative estimate of drug-likeness (QED) is 0.674. The Balaban J connectivity index is 1.40. The number of thiophene rings is 1. The molecule has 0 spiro atoms. The highest BCUT2D eigenvalue weighted by atomic mass is 32.1. The van der Waals surface area contributed by atoms with Crippen molar-refractivity contribution in [2.45, 2.75) is 59.0 Å². The van der Waals surface area contributed by atoms with Gasteiger partial charge in [-0.2, -0.15) is 11.3 Å². The van der Waals surface area contributed by atoms with Gasteiger partial charge in [0.15, 0.2) is 0 Å². The number of nitrogens with zero attached hydrogens (tertiary/aromatic N) is 3. The third kappa shape index (κ3) is 4.20. The predicted octanol–water partition coefficient (Wildman–Crippen LogP) is 4.81. The number of rotatable bonds is 5. The molecule has 3 heterocycles. The highest BCUT2D eigenvalue weighted by molar-refractivity contribution is 7.07. The second kappa shape index (κ2) is 8.18. The van der Waals surface area contributed by atoms with Crippen molar-refractivity contribution in [3.63, 3.8) is 0 Å². The predicted molar refractivity (Wildman–Crippen MR) is 120 cm³/mol. The molecule has 4 nitrogen and oxygen atoms in total. The average Bonchev–Trinajstić information content (AvgIpc) is 3.16. The summed E-state index contributed by atoms with van der Waals surface area (Å²) in [5.41, 5.74) is 6.17. The van der Waals surface area contributed by atoms with E-state index in [1.807, 2.05) is 0 Å². The Bertz CT molecular complexity index is 943. The van der Waals surface area contributed by atoms with Crippen molar-refractivity contribution in [2.24, 2.45) is 0 Å². The summed E-state index contributed by atoms with van der Waals surface area (Å²) in [4.78, 5) is 12.1. The third-order valence-electron chi connectivity index (χ3n) is 5.91. The fourth-order valence-electron chi connectivity index (χ4n) is 4.14. The monoisotopic (exact) mass is 394 g/mol. The van der Waals surface area contributed by atoms with Gasteiger partial charge in [-0.05, 0) is 92.6 Å². The summed E-state index contributed by atoms with van der Waals surface area (Å²) < 4.78 is 0. The van der Waals surface area contributed by atoms with Crippen molar-refractivity contribution in [2.75, 3.05) is 18.0 Å². The zero-order valence-electron chi connectivity index (χ0n) is 17.3. The number of anilines is 1. The first kappa shape index (κ1) is 19.3. The molecule has 1 aromatic carbocycles. The van der Waals surface area contributed by atoms with E-state index >= 15 is 0 Å². The Hall–Kier alpha value is -1.98. The number of piperidine rings is 1. The number of fused-ring (bicyclic) bond motifs is 1. The van der Waals surface area contributed by atoms with E-state index < -0.39 is 0 Å². The average molecular weight is 395 g/mol. The van der Waals surface area contributed by atoms with Gasteiger partial charge in [0.1, 0.15) is 0 Å². The first-order valence-electron chi connectivity index (χ1n) is 10.3. The lowest BCUT2D eigenvalue weighted by Gasteiger charge is -2.34. The summed E-state index contributed by atoms with van der Waals surface area (Å²) in [6, 6.07) is 7.74. The van der Waals surface area contributed by atoms with Gasteiger partial charge in [-0.25, -0.2) is 9.97 Å². The van der Waals surface area contributed by atoms with E-state index in [-0.39, 0.29) is 0 Å². The molecule has 1 N–H and O–H groups in total. The largest absolute Gasteiger partial charge is 0.341 e. The van der Waals surface area contributed by atoms with Gasteiger partial charge >= 0.3 is 0 Å². The van der Waals surface area contributed by atoms with Gasteiger partial charge in [-0.1, -0.05) is 0 Å². The van der Waals surface area contributed by atoms with Crippen molar-refractivity contribution >= 4 is 28.2 Å². The molecule has 0 amide bonds.